The van der Waals surface area contributed by atoms with Gasteiger partial charge in [-0.2, -0.15) is 0 Å². The number of unbranched alkanes of at least 4 members (excludes halogenated alkanes) is 2. The number of aliphatic carboxylic acids is 1. The Morgan fingerprint density at radius 3 is 2.19 bits per heavy atom. The molecule has 0 fully saturated rings. The van der Waals surface area contributed by atoms with Crippen LogP contribution in [-0.2, 0) is 21.1 Å². The minimum atomic E-state index is -3.88. The van der Waals surface area contributed by atoms with Gasteiger partial charge >= 0.3 is 5.97 Å². The van der Waals surface area contributed by atoms with E-state index in [1.54, 1.807) is 19.2 Å². The van der Waals surface area contributed by atoms with E-state index < -0.39 is 21.1 Å². The lowest BCUT2D eigenvalue weighted by Crippen LogP contribution is -2.30. The minimum Gasteiger partial charge on any atom is -0.497 e. The van der Waals surface area contributed by atoms with E-state index in [-0.39, 0.29) is 11.3 Å². The summed E-state index contributed by atoms with van der Waals surface area (Å²) in [5.41, 5.74) is 2.11. The van der Waals surface area contributed by atoms with Crippen LogP contribution in [0.15, 0.2) is 53.4 Å². The van der Waals surface area contributed by atoms with E-state index >= 15 is 0 Å². The van der Waals surface area contributed by atoms with E-state index in [2.05, 4.69) is 0 Å². The molecule has 0 aliphatic rings. The number of benzene rings is 2. The Hall–Kier alpha value is -2.34. The van der Waals surface area contributed by atoms with Crippen LogP contribution in [0.4, 0.5) is 0 Å². The Bertz CT molecular complexity index is 839. The molecule has 2 aromatic rings. The molecule has 2 aromatic carbocycles. The predicted molar refractivity (Wildman–Crippen MR) is 105 cm³/mol. The first-order valence-electron chi connectivity index (χ1n) is 9.01. The molecule has 2 rings (SSSR count). The number of rotatable bonds is 10. The third-order valence-corrected chi connectivity index (χ3v) is 6.71. The molecule has 0 aliphatic heterocycles. The van der Waals surface area contributed by atoms with Gasteiger partial charge in [0.2, 0.25) is 0 Å². The lowest BCUT2D eigenvalue weighted by atomic mass is 10.1. The quantitative estimate of drug-likeness (QED) is 0.620. The molecule has 5 nitrogen and oxygen atoms in total. The van der Waals surface area contributed by atoms with E-state index in [1.165, 1.54) is 17.7 Å². The van der Waals surface area contributed by atoms with Gasteiger partial charge < -0.3 is 9.84 Å². The molecule has 0 aliphatic carbocycles. The average molecular weight is 391 g/mol. The highest BCUT2D eigenvalue weighted by atomic mass is 32.2. The number of ether oxygens (including phenoxy) is 1. The Balaban J connectivity index is 1.88. The molecular weight excluding hydrogens is 364 g/mol. The summed E-state index contributed by atoms with van der Waals surface area (Å²) < 4.78 is 30.4. The van der Waals surface area contributed by atoms with Crippen LogP contribution in [0.1, 0.15) is 36.8 Å². The summed E-state index contributed by atoms with van der Waals surface area (Å²) in [6.45, 7) is 1.86. The Labute approximate surface area is 160 Å². The number of methoxy groups -OCH3 is 1. The molecule has 0 bridgehead atoms. The highest BCUT2D eigenvalue weighted by Crippen LogP contribution is 2.22. The summed E-state index contributed by atoms with van der Waals surface area (Å²) in [7, 11) is -2.25. The van der Waals surface area contributed by atoms with Crippen LogP contribution in [-0.4, -0.2) is 31.9 Å². The molecule has 0 heterocycles. The third-order valence-electron chi connectivity index (χ3n) is 4.59. The van der Waals surface area contributed by atoms with Gasteiger partial charge in [0.05, 0.1) is 12.0 Å². The molecule has 1 atom stereocenters. The topological polar surface area (TPSA) is 80.7 Å². The summed E-state index contributed by atoms with van der Waals surface area (Å²) >= 11 is 0. The SMILES string of the molecule is COc1ccc(CCCCCC(C(=O)O)S(=O)(=O)c2ccc(C)cc2)cc1. The van der Waals surface area contributed by atoms with Crippen LogP contribution in [0.3, 0.4) is 0 Å². The molecule has 0 amide bonds. The molecule has 6 heteroatoms. The van der Waals surface area contributed by atoms with E-state index in [0.29, 0.717) is 6.42 Å². The van der Waals surface area contributed by atoms with Crippen LogP contribution >= 0.6 is 0 Å². The smallest absolute Gasteiger partial charge is 0.322 e. The van der Waals surface area contributed by atoms with Gasteiger partial charge in [-0.15, -0.1) is 0 Å². The normalized spacial score (nSPS) is 12.5. The maximum Gasteiger partial charge on any atom is 0.322 e. The maximum absolute atomic E-state index is 12.6. The minimum absolute atomic E-state index is 0.0683. The summed E-state index contributed by atoms with van der Waals surface area (Å²) in [5.74, 6) is -0.477. The molecule has 1 N–H and O–H groups in total. The predicted octanol–water partition coefficient (Wildman–Crippen LogP) is 4.03. The van der Waals surface area contributed by atoms with Crippen molar-refractivity contribution in [2.75, 3.05) is 7.11 Å². The second-order valence-corrected chi connectivity index (χ2v) is 8.76. The number of hydrogen-bond acceptors (Lipinski definition) is 4. The van der Waals surface area contributed by atoms with Gasteiger partial charge in [0.15, 0.2) is 15.1 Å². The van der Waals surface area contributed by atoms with Crippen LogP contribution in [0, 0.1) is 6.92 Å². The van der Waals surface area contributed by atoms with Gasteiger partial charge in [0.25, 0.3) is 0 Å². The average Bonchev–Trinajstić information content (AvgIpc) is 2.65. The van der Waals surface area contributed by atoms with Gasteiger partial charge in [0.1, 0.15) is 5.75 Å². The van der Waals surface area contributed by atoms with Crippen molar-refractivity contribution in [1.29, 1.82) is 0 Å². The monoisotopic (exact) mass is 390 g/mol. The van der Waals surface area contributed by atoms with Gasteiger partial charge in [-0.3, -0.25) is 4.79 Å². The number of aryl methyl sites for hydroxylation is 2. The fraction of sp³-hybridized carbons (Fsp3) is 0.381. The van der Waals surface area contributed by atoms with Crippen molar-refractivity contribution in [3.8, 4) is 5.75 Å². The number of carbonyl (C=O) groups is 1. The largest absolute Gasteiger partial charge is 0.497 e. The van der Waals surface area contributed by atoms with Crippen molar-refractivity contribution >= 4 is 15.8 Å². The van der Waals surface area contributed by atoms with Gasteiger partial charge in [-0.25, -0.2) is 8.42 Å². The van der Waals surface area contributed by atoms with Gasteiger partial charge in [0, 0.05) is 0 Å². The van der Waals surface area contributed by atoms with E-state index in [4.69, 9.17) is 4.74 Å². The zero-order chi connectivity index (χ0) is 19.9. The summed E-state index contributed by atoms with van der Waals surface area (Å²) in [4.78, 5) is 11.6. The Kier molecular flexibility index (Phi) is 7.42. The van der Waals surface area contributed by atoms with Crippen molar-refractivity contribution in [3.63, 3.8) is 0 Å². The number of carboxylic acid groups (broad SMARTS) is 1. The van der Waals surface area contributed by atoms with Crippen LogP contribution in [0.5, 0.6) is 5.75 Å². The number of carboxylic acids is 1. The zero-order valence-electron chi connectivity index (χ0n) is 15.7. The Morgan fingerprint density at radius 1 is 1.00 bits per heavy atom. The molecule has 146 valence electrons. The van der Waals surface area contributed by atoms with Crippen molar-refractivity contribution in [3.05, 3.63) is 59.7 Å². The van der Waals surface area contributed by atoms with E-state index in [0.717, 1.165) is 30.6 Å². The lowest BCUT2D eigenvalue weighted by Gasteiger charge is -2.14. The molecule has 0 spiro atoms. The van der Waals surface area contributed by atoms with E-state index in [9.17, 15) is 18.3 Å². The molecular formula is C21H26O5S. The highest BCUT2D eigenvalue weighted by molar-refractivity contribution is 7.92. The number of hydrogen-bond donors (Lipinski definition) is 1. The van der Waals surface area contributed by atoms with Crippen molar-refractivity contribution in [2.24, 2.45) is 0 Å². The van der Waals surface area contributed by atoms with Crippen LogP contribution < -0.4 is 4.74 Å². The highest BCUT2D eigenvalue weighted by Gasteiger charge is 2.33. The first-order valence-corrected chi connectivity index (χ1v) is 10.6. The van der Waals surface area contributed by atoms with Crippen LogP contribution in [0.25, 0.3) is 0 Å². The van der Waals surface area contributed by atoms with Crippen molar-refractivity contribution in [1.82, 2.24) is 0 Å². The molecule has 0 radical (unpaired) electrons. The first-order chi connectivity index (χ1) is 12.8. The summed E-state index contributed by atoms with van der Waals surface area (Å²) in [6, 6.07) is 14.1. The fourth-order valence-corrected chi connectivity index (χ4v) is 4.52. The van der Waals surface area contributed by atoms with Gasteiger partial charge in [-0.1, -0.05) is 42.7 Å². The number of sulfone groups is 1. The standard InChI is InChI=1S/C21H26O5S/c1-16-8-14-19(15-9-16)27(24,25)20(21(22)23)7-5-3-4-6-17-10-12-18(26-2)13-11-17/h8-15,20H,3-7H2,1-2H3,(H,22,23). The van der Waals surface area contributed by atoms with Gasteiger partial charge in [-0.05, 0) is 56.0 Å². The zero-order valence-corrected chi connectivity index (χ0v) is 16.5. The first kappa shape index (κ1) is 21.0. The molecule has 0 saturated carbocycles. The second-order valence-electron chi connectivity index (χ2n) is 6.63. The van der Waals surface area contributed by atoms with Crippen molar-refractivity contribution < 1.29 is 23.1 Å². The van der Waals surface area contributed by atoms with Crippen molar-refractivity contribution in [2.45, 2.75) is 49.2 Å². The summed E-state index contributed by atoms with van der Waals surface area (Å²) in [5, 5.41) is 8.02. The molecule has 0 saturated heterocycles. The fourth-order valence-electron chi connectivity index (χ4n) is 2.93. The second kappa shape index (κ2) is 9.55. The summed E-state index contributed by atoms with van der Waals surface area (Å²) in [6.07, 6.45) is 3.20. The molecule has 0 aromatic heterocycles. The third kappa shape index (κ3) is 5.82. The molecule has 1 unspecified atom stereocenters. The lowest BCUT2D eigenvalue weighted by molar-refractivity contribution is -0.136. The van der Waals surface area contributed by atoms with E-state index in [1.807, 2.05) is 31.2 Å². The van der Waals surface area contributed by atoms with Crippen LogP contribution in [0.2, 0.25) is 0 Å². The molecule has 27 heavy (non-hydrogen) atoms. The maximum atomic E-state index is 12.6. The Morgan fingerprint density at radius 2 is 1.63 bits per heavy atom.